The van der Waals surface area contributed by atoms with Crippen LogP contribution in [-0.4, -0.2) is 37.1 Å². The molecular formula is C20H25N5O2. The number of aliphatic imine (C=N–C) groups is 1. The minimum absolute atomic E-state index is 0.102. The van der Waals surface area contributed by atoms with Crippen LogP contribution < -0.4 is 15.5 Å². The molecule has 0 spiro atoms. The monoisotopic (exact) mass is 367 g/mol. The molecule has 1 aliphatic heterocycles. The lowest BCUT2D eigenvalue weighted by Crippen LogP contribution is -2.48. The second-order valence-corrected chi connectivity index (χ2v) is 6.59. The number of guanidine groups is 1. The van der Waals surface area contributed by atoms with Gasteiger partial charge in [0.05, 0.1) is 4.92 Å². The first-order valence-corrected chi connectivity index (χ1v) is 9.16. The van der Waals surface area contributed by atoms with Crippen molar-refractivity contribution in [2.24, 2.45) is 4.99 Å². The first-order chi connectivity index (χ1) is 13.2. The largest absolute Gasteiger partial charge is 0.371 e. The highest BCUT2D eigenvalue weighted by Crippen LogP contribution is 2.19. The zero-order valence-corrected chi connectivity index (χ0v) is 15.5. The molecule has 1 heterocycles. The number of hydrogen-bond acceptors (Lipinski definition) is 4. The molecule has 2 aromatic rings. The van der Waals surface area contributed by atoms with Crippen molar-refractivity contribution in [3.63, 3.8) is 0 Å². The molecule has 0 radical (unpaired) electrons. The van der Waals surface area contributed by atoms with E-state index in [9.17, 15) is 10.1 Å². The lowest BCUT2D eigenvalue weighted by Gasteiger charge is -2.34. The second-order valence-electron chi connectivity index (χ2n) is 6.59. The average molecular weight is 367 g/mol. The van der Waals surface area contributed by atoms with Gasteiger partial charge in [-0.2, -0.15) is 0 Å². The zero-order chi connectivity index (χ0) is 19.1. The van der Waals surface area contributed by atoms with Crippen LogP contribution in [0.4, 0.5) is 11.4 Å². The molecule has 3 rings (SSSR count). The van der Waals surface area contributed by atoms with E-state index in [0.717, 1.165) is 37.5 Å². The van der Waals surface area contributed by atoms with Gasteiger partial charge in [0.15, 0.2) is 5.96 Å². The fraction of sp³-hybridized carbons (Fsp3) is 0.350. The second kappa shape index (κ2) is 9.02. The van der Waals surface area contributed by atoms with Gasteiger partial charge in [0.1, 0.15) is 0 Å². The van der Waals surface area contributed by atoms with Crippen LogP contribution in [0, 0.1) is 10.1 Å². The number of hydrogen-bond donors (Lipinski definition) is 2. The molecule has 0 aromatic heterocycles. The lowest BCUT2D eigenvalue weighted by atomic mass is 10.0. The summed E-state index contributed by atoms with van der Waals surface area (Å²) < 4.78 is 0. The van der Waals surface area contributed by atoms with Gasteiger partial charge in [-0.25, -0.2) is 0 Å². The predicted molar refractivity (Wildman–Crippen MR) is 108 cm³/mol. The number of nitro groups is 1. The standard InChI is InChI=1S/C20H25N5O2/c1-21-20(22-15-16-6-5-9-19(14-16)25(26)27)23-17-10-12-24(13-11-17)18-7-3-2-4-8-18/h2-9,14,17H,10-13,15H2,1H3,(H2,21,22,23). The number of para-hydroxylation sites is 1. The molecule has 1 saturated heterocycles. The Hall–Kier alpha value is -3.09. The number of non-ortho nitro benzene ring substituents is 1. The van der Waals surface area contributed by atoms with Crippen LogP contribution in [-0.2, 0) is 6.54 Å². The van der Waals surface area contributed by atoms with E-state index in [1.165, 1.54) is 11.8 Å². The number of nitro benzene ring substituents is 1. The molecule has 1 fully saturated rings. The van der Waals surface area contributed by atoms with Gasteiger partial charge >= 0.3 is 0 Å². The molecule has 1 aliphatic rings. The molecule has 2 aromatic carbocycles. The minimum atomic E-state index is -0.378. The summed E-state index contributed by atoms with van der Waals surface area (Å²) in [7, 11) is 1.74. The van der Waals surface area contributed by atoms with Gasteiger partial charge in [-0.15, -0.1) is 0 Å². The van der Waals surface area contributed by atoms with Crippen LogP contribution >= 0.6 is 0 Å². The highest BCUT2D eigenvalue weighted by molar-refractivity contribution is 5.80. The highest BCUT2D eigenvalue weighted by Gasteiger charge is 2.20. The van der Waals surface area contributed by atoms with E-state index in [2.05, 4.69) is 44.8 Å². The SMILES string of the molecule is CN=C(NCc1cccc([N+](=O)[O-])c1)NC1CCN(c2ccccc2)CC1. The molecule has 0 unspecified atom stereocenters. The summed E-state index contributed by atoms with van der Waals surface area (Å²) in [5.41, 5.74) is 2.22. The third kappa shape index (κ3) is 5.20. The zero-order valence-electron chi connectivity index (χ0n) is 15.5. The molecule has 0 atom stereocenters. The fourth-order valence-electron chi connectivity index (χ4n) is 3.27. The Labute approximate surface area is 159 Å². The van der Waals surface area contributed by atoms with Crippen LogP contribution in [0.3, 0.4) is 0 Å². The van der Waals surface area contributed by atoms with Crippen molar-refractivity contribution in [2.75, 3.05) is 25.0 Å². The third-order valence-electron chi connectivity index (χ3n) is 4.76. The molecule has 0 aliphatic carbocycles. The maximum absolute atomic E-state index is 10.9. The Morgan fingerprint density at radius 3 is 2.59 bits per heavy atom. The van der Waals surface area contributed by atoms with E-state index in [1.54, 1.807) is 19.2 Å². The maximum atomic E-state index is 10.9. The summed E-state index contributed by atoms with van der Waals surface area (Å²) >= 11 is 0. The number of rotatable bonds is 5. The molecule has 0 amide bonds. The van der Waals surface area contributed by atoms with Crippen LogP contribution in [0.2, 0.25) is 0 Å². The average Bonchev–Trinajstić information content (AvgIpc) is 2.72. The quantitative estimate of drug-likeness (QED) is 0.367. The van der Waals surface area contributed by atoms with E-state index in [-0.39, 0.29) is 10.6 Å². The number of anilines is 1. The summed E-state index contributed by atoms with van der Waals surface area (Å²) in [5, 5.41) is 17.6. The van der Waals surface area contributed by atoms with Crippen LogP contribution in [0.25, 0.3) is 0 Å². The lowest BCUT2D eigenvalue weighted by molar-refractivity contribution is -0.384. The summed E-state index contributed by atoms with van der Waals surface area (Å²) in [5.74, 6) is 0.722. The van der Waals surface area contributed by atoms with Crippen molar-refractivity contribution in [2.45, 2.75) is 25.4 Å². The molecule has 0 bridgehead atoms. The van der Waals surface area contributed by atoms with Gasteiger partial charge in [0.2, 0.25) is 0 Å². The van der Waals surface area contributed by atoms with Gasteiger partial charge < -0.3 is 15.5 Å². The molecular weight excluding hydrogens is 342 g/mol. The highest BCUT2D eigenvalue weighted by atomic mass is 16.6. The Kier molecular flexibility index (Phi) is 6.25. The van der Waals surface area contributed by atoms with Crippen LogP contribution in [0.5, 0.6) is 0 Å². The topological polar surface area (TPSA) is 82.8 Å². The van der Waals surface area contributed by atoms with E-state index < -0.39 is 0 Å². The molecule has 2 N–H and O–H groups in total. The minimum Gasteiger partial charge on any atom is -0.371 e. The van der Waals surface area contributed by atoms with Crippen molar-refractivity contribution < 1.29 is 4.92 Å². The third-order valence-corrected chi connectivity index (χ3v) is 4.76. The number of nitrogens with zero attached hydrogens (tertiary/aromatic N) is 3. The first-order valence-electron chi connectivity index (χ1n) is 9.16. The summed E-state index contributed by atoms with van der Waals surface area (Å²) in [6.45, 7) is 2.50. The summed E-state index contributed by atoms with van der Waals surface area (Å²) in [6.07, 6.45) is 2.07. The van der Waals surface area contributed by atoms with Crippen molar-refractivity contribution in [1.82, 2.24) is 10.6 Å². The number of benzene rings is 2. The Morgan fingerprint density at radius 1 is 1.19 bits per heavy atom. The summed E-state index contributed by atoms with van der Waals surface area (Å²) in [4.78, 5) is 17.2. The van der Waals surface area contributed by atoms with Gasteiger partial charge in [0, 0.05) is 50.5 Å². The normalized spacial score (nSPS) is 15.4. The van der Waals surface area contributed by atoms with Gasteiger partial charge in [-0.3, -0.25) is 15.1 Å². The van der Waals surface area contributed by atoms with Crippen molar-refractivity contribution in [3.05, 3.63) is 70.3 Å². The smallest absolute Gasteiger partial charge is 0.269 e. The molecule has 142 valence electrons. The number of nitrogens with one attached hydrogen (secondary N) is 2. The fourth-order valence-corrected chi connectivity index (χ4v) is 3.27. The predicted octanol–water partition coefficient (Wildman–Crippen LogP) is 2.93. The first kappa shape index (κ1) is 18.7. The van der Waals surface area contributed by atoms with Crippen LogP contribution in [0.1, 0.15) is 18.4 Å². The van der Waals surface area contributed by atoms with E-state index in [1.807, 2.05) is 12.1 Å². The Balaban J connectivity index is 1.48. The summed E-state index contributed by atoms with van der Waals surface area (Å²) in [6, 6.07) is 17.5. The maximum Gasteiger partial charge on any atom is 0.269 e. The number of piperidine rings is 1. The molecule has 7 heteroatoms. The van der Waals surface area contributed by atoms with Gasteiger partial charge in [-0.05, 0) is 30.5 Å². The van der Waals surface area contributed by atoms with Gasteiger partial charge in [0.25, 0.3) is 5.69 Å². The van der Waals surface area contributed by atoms with Crippen molar-refractivity contribution in [3.8, 4) is 0 Å². The van der Waals surface area contributed by atoms with Crippen molar-refractivity contribution in [1.29, 1.82) is 0 Å². The molecule has 27 heavy (non-hydrogen) atoms. The van der Waals surface area contributed by atoms with Crippen LogP contribution in [0.15, 0.2) is 59.6 Å². The Morgan fingerprint density at radius 2 is 1.93 bits per heavy atom. The Bertz CT molecular complexity index is 786. The molecule has 7 nitrogen and oxygen atoms in total. The molecule has 0 saturated carbocycles. The van der Waals surface area contributed by atoms with E-state index in [0.29, 0.717) is 12.6 Å². The van der Waals surface area contributed by atoms with Crippen molar-refractivity contribution >= 4 is 17.3 Å². The van der Waals surface area contributed by atoms with E-state index >= 15 is 0 Å². The van der Waals surface area contributed by atoms with Gasteiger partial charge in [-0.1, -0.05) is 30.3 Å². The van der Waals surface area contributed by atoms with E-state index in [4.69, 9.17) is 0 Å².